The van der Waals surface area contributed by atoms with E-state index in [0.29, 0.717) is 13.1 Å². The molecule has 7 nitrogen and oxygen atoms in total. The highest BCUT2D eigenvalue weighted by Gasteiger charge is 2.25. The van der Waals surface area contributed by atoms with Crippen LogP contribution in [-0.2, 0) is 10.0 Å². The lowest BCUT2D eigenvalue weighted by Gasteiger charge is -2.20. The first-order chi connectivity index (χ1) is 9.70. The van der Waals surface area contributed by atoms with Gasteiger partial charge in [-0.3, -0.25) is 0 Å². The number of hydrogen-bond acceptors (Lipinski definition) is 5. The first-order valence-electron chi connectivity index (χ1n) is 6.22. The molecule has 0 amide bonds. The molecule has 21 heavy (non-hydrogen) atoms. The molecule has 0 aliphatic rings. The van der Waals surface area contributed by atoms with E-state index in [9.17, 15) is 13.2 Å². The van der Waals surface area contributed by atoms with Crippen molar-refractivity contribution in [1.82, 2.24) is 9.21 Å². The number of aromatic carboxylic acids is 1. The molecular formula is C13H20N2O5S. The number of methoxy groups -OCH3 is 1. The average Bonchev–Trinajstić information content (AvgIpc) is 2.43. The van der Waals surface area contributed by atoms with Crippen LogP contribution < -0.4 is 4.74 Å². The van der Waals surface area contributed by atoms with Gasteiger partial charge in [-0.1, -0.05) is 0 Å². The lowest BCUT2D eigenvalue weighted by Crippen LogP contribution is -2.33. The molecule has 0 saturated heterocycles. The van der Waals surface area contributed by atoms with Crippen molar-refractivity contribution in [3.05, 3.63) is 23.8 Å². The molecule has 0 aliphatic carbocycles. The topological polar surface area (TPSA) is 87.1 Å². The summed E-state index contributed by atoms with van der Waals surface area (Å²) in [6.45, 7) is 0.893. The van der Waals surface area contributed by atoms with Crippen LogP contribution in [-0.4, -0.2) is 70.0 Å². The standard InChI is InChI=1S/C13H20N2O5S/c1-14(2)7-8-15(3)21(18,19)12-6-5-10(13(16)17)9-11(12)20-4/h5-6,9H,7-8H2,1-4H3,(H,16,17). The molecule has 0 spiro atoms. The van der Waals surface area contributed by atoms with Crippen LogP contribution in [0.2, 0.25) is 0 Å². The number of carboxylic acid groups (broad SMARTS) is 1. The molecule has 0 atom stereocenters. The van der Waals surface area contributed by atoms with E-state index in [1.807, 2.05) is 19.0 Å². The predicted molar refractivity (Wildman–Crippen MR) is 78.3 cm³/mol. The average molecular weight is 316 g/mol. The molecule has 0 aromatic heterocycles. The summed E-state index contributed by atoms with van der Waals surface area (Å²) >= 11 is 0. The quantitative estimate of drug-likeness (QED) is 0.791. The largest absolute Gasteiger partial charge is 0.495 e. The van der Waals surface area contributed by atoms with E-state index < -0.39 is 16.0 Å². The van der Waals surface area contributed by atoms with Gasteiger partial charge in [-0.25, -0.2) is 13.2 Å². The maximum Gasteiger partial charge on any atom is 0.335 e. The van der Waals surface area contributed by atoms with Crippen LogP contribution in [0.1, 0.15) is 10.4 Å². The Labute approximate surface area is 124 Å². The van der Waals surface area contributed by atoms with Crippen molar-refractivity contribution in [2.24, 2.45) is 0 Å². The van der Waals surface area contributed by atoms with E-state index in [0.717, 1.165) is 0 Å². The van der Waals surface area contributed by atoms with Gasteiger partial charge in [-0.2, -0.15) is 4.31 Å². The van der Waals surface area contributed by atoms with Crippen LogP contribution in [0, 0.1) is 0 Å². The Balaban J connectivity index is 3.16. The molecule has 0 fully saturated rings. The second-order valence-corrected chi connectivity index (χ2v) is 6.81. The molecule has 0 radical (unpaired) electrons. The molecule has 0 aliphatic heterocycles. The molecule has 1 aromatic rings. The Morgan fingerprint density at radius 1 is 1.24 bits per heavy atom. The maximum atomic E-state index is 12.5. The summed E-state index contributed by atoms with van der Waals surface area (Å²) in [5.74, 6) is -1.12. The highest BCUT2D eigenvalue weighted by molar-refractivity contribution is 7.89. The number of carbonyl (C=O) groups is 1. The zero-order chi connectivity index (χ0) is 16.2. The molecule has 0 unspecified atom stereocenters. The van der Waals surface area contributed by atoms with Crippen LogP contribution in [0.25, 0.3) is 0 Å². The zero-order valence-electron chi connectivity index (χ0n) is 12.5. The van der Waals surface area contributed by atoms with E-state index in [1.54, 1.807) is 0 Å². The summed E-state index contributed by atoms with van der Waals surface area (Å²) in [5.41, 5.74) is -0.0262. The Morgan fingerprint density at radius 3 is 2.33 bits per heavy atom. The minimum atomic E-state index is -3.73. The number of likely N-dealkylation sites (N-methyl/N-ethyl adjacent to an activating group) is 2. The summed E-state index contributed by atoms with van der Waals surface area (Å²) in [6, 6.07) is 3.70. The predicted octanol–water partition coefficient (Wildman–Crippen LogP) is 0.576. The fourth-order valence-electron chi connectivity index (χ4n) is 1.64. The van der Waals surface area contributed by atoms with Crippen molar-refractivity contribution in [1.29, 1.82) is 0 Å². The van der Waals surface area contributed by atoms with Crippen molar-refractivity contribution >= 4 is 16.0 Å². The van der Waals surface area contributed by atoms with Crippen LogP contribution in [0.4, 0.5) is 0 Å². The molecule has 0 bridgehead atoms. The summed E-state index contributed by atoms with van der Waals surface area (Å²) in [4.78, 5) is 12.7. The summed E-state index contributed by atoms with van der Waals surface area (Å²) in [5, 5.41) is 8.93. The lowest BCUT2D eigenvalue weighted by molar-refractivity contribution is 0.0696. The second-order valence-electron chi connectivity index (χ2n) is 4.80. The molecule has 1 N–H and O–H groups in total. The van der Waals surface area contributed by atoms with Crippen molar-refractivity contribution in [2.45, 2.75) is 4.90 Å². The fourth-order valence-corrected chi connectivity index (χ4v) is 2.94. The third-order valence-corrected chi connectivity index (χ3v) is 4.86. The van der Waals surface area contributed by atoms with Gasteiger partial charge in [-0.05, 0) is 32.3 Å². The smallest absolute Gasteiger partial charge is 0.335 e. The highest BCUT2D eigenvalue weighted by atomic mass is 32.2. The van der Waals surface area contributed by atoms with Gasteiger partial charge in [0.2, 0.25) is 10.0 Å². The van der Waals surface area contributed by atoms with E-state index in [4.69, 9.17) is 9.84 Å². The third-order valence-electron chi connectivity index (χ3n) is 2.96. The number of rotatable bonds is 7. The van der Waals surface area contributed by atoms with Crippen LogP contribution in [0.5, 0.6) is 5.75 Å². The van der Waals surface area contributed by atoms with Gasteiger partial charge in [0.05, 0.1) is 12.7 Å². The van der Waals surface area contributed by atoms with Gasteiger partial charge in [0.1, 0.15) is 10.6 Å². The molecule has 1 rings (SSSR count). The maximum absolute atomic E-state index is 12.5. The van der Waals surface area contributed by atoms with Gasteiger partial charge in [-0.15, -0.1) is 0 Å². The minimum Gasteiger partial charge on any atom is -0.495 e. The molecular weight excluding hydrogens is 296 g/mol. The molecule has 1 aromatic carbocycles. The van der Waals surface area contributed by atoms with Crippen molar-refractivity contribution < 1.29 is 23.1 Å². The summed E-state index contributed by atoms with van der Waals surface area (Å²) in [7, 11) is 2.75. The van der Waals surface area contributed by atoms with E-state index in [1.165, 1.54) is 36.7 Å². The van der Waals surface area contributed by atoms with Gasteiger partial charge in [0.15, 0.2) is 0 Å². The monoisotopic (exact) mass is 316 g/mol. The molecule has 0 saturated carbocycles. The molecule has 8 heteroatoms. The molecule has 118 valence electrons. The Bertz CT molecular complexity index is 613. The van der Waals surface area contributed by atoms with E-state index in [2.05, 4.69) is 0 Å². The molecule has 0 heterocycles. The Kier molecular flexibility index (Phi) is 5.70. The fraction of sp³-hybridized carbons (Fsp3) is 0.462. The minimum absolute atomic E-state index is 0.0200. The number of benzene rings is 1. The lowest BCUT2D eigenvalue weighted by atomic mass is 10.2. The number of ether oxygens (including phenoxy) is 1. The van der Waals surface area contributed by atoms with Gasteiger partial charge in [0.25, 0.3) is 0 Å². The van der Waals surface area contributed by atoms with Gasteiger partial charge in [0, 0.05) is 20.1 Å². The zero-order valence-corrected chi connectivity index (χ0v) is 13.3. The SMILES string of the molecule is COc1cc(C(=O)O)ccc1S(=O)(=O)N(C)CCN(C)C. The van der Waals surface area contributed by atoms with Crippen LogP contribution >= 0.6 is 0 Å². The number of hydrogen-bond donors (Lipinski definition) is 1. The summed E-state index contributed by atoms with van der Waals surface area (Å²) < 4.78 is 31.2. The number of nitrogens with zero attached hydrogens (tertiary/aromatic N) is 2. The van der Waals surface area contributed by atoms with Crippen molar-refractivity contribution in [3.63, 3.8) is 0 Å². The normalized spacial score (nSPS) is 11.9. The van der Waals surface area contributed by atoms with Crippen molar-refractivity contribution in [3.8, 4) is 5.75 Å². The Hall–Kier alpha value is -1.64. The van der Waals surface area contributed by atoms with E-state index >= 15 is 0 Å². The van der Waals surface area contributed by atoms with Gasteiger partial charge < -0.3 is 14.7 Å². The first-order valence-corrected chi connectivity index (χ1v) is 7.66. The number of sulfonamides is 1. The van der Waals surface area contributed by atoms with Crippen LogP contribution in [0.15, 0.2) is 23.1 Å². The van der Waals surface area contributed by atoms with Crippen LogP contribution in [0.3, 0.4) is 0 Å². The van der Waals surface area contributed by atoms with Crippen molar-refractivity contribution in [2.75, 3.05) is 41.3 Å². The second kappa shape index (κ2) is 6.88. The number of carboxylic acids is 1. The first kappa shape index (κ1) is 17.4. The highest BCUT2D eigenvalue weighted by Crippen LogP contribution is 2.27. The summed E-state index contributed by atoms with van der Waals surface area (Å²) in [6.07, 6.45) is 0. The van der Waals surface area contributed by atoms with Gasteiger partial charge >= 0.3 is 5.97 Å². The van der Waals surface area contributed by atoms with E-state index in [-0.39, 0.29) is 16.2 Å². The Morgan fingerprint density at radius 2 is 1.86 bits per heavy atom. The third kappa shape index (κ3) is 4.16.